The summed E-state index contributed by atoms with van der Waals surface area (Å²) in [6, 6.07) is 0. The van der Waals surface area contributed by atoms with E-state index in [2.05, 4.69) is 74.0 Å². The van der Waals surface area contributed by atoms with Gasteiger partial charge in [-0.05, 0) is 0 Å². The third-order valence-corrected chi connectivity index (χ3v) is 92.8. The summed E-state index contributed by atoms with van der Waals surface area (Å²) in [5, 5.41) is 0. The molecule has 0 fully saturated rings. The molecular weight excluding hydrogens is 302 g/mol. The van der Waals surface area contributed by atoms with Crippen molar-refractivity contribution in [3.05, 3.63) is 0 Å². The Balaban J connectivity index is 5.69. The van der Waals surface area contributed by atoms with Gasteiger partial charge in [0.1, 0.15) is 0 Å². The van der Waals surface area contributed by atoms with Gasteiger partial charge in [0.2, 0.25) is 0 Å². The first-order valence-corrected chi connectivity index (χ1v) is 22.4. The normalized spacial score (nSPS) is 15.8. The zero-order valence-corrected chi connectivity index (χ0v) is 17.0. The van der Waals surface area contributed by atoms with Crippen LogP contribution in [0.1, 0.15) is 0 Å². The van der Waals surface area contributed by atoms with Crippen molar-refractivity contribution in [3.8, 4) is 0 Å². The van der Waals surface area contributed by atoms with Crippen molar-refractivity contribution in [2.75, 3.05) is 0 Å². The van der Waals surface area contributed by atoms with E-state index in [1.54, 1.807) is 0 Å². The van der Waals surface area contributed by atoms with E-state index in [-0.39, 0.29) is 0 Å². The second-order valence-corrected chi connectivity index (χ2v) is 53.5. The van der Waals surface area contributed by atoms with Gasteiger partial charge in [0, 0.05) is 0 Å². The Morgan fingerprint density at radius 2 is 0.714 bits per heavy atom. The van der Waals surface area contributed by atoms with Crippen LogP contribution in [-0.4, -0.2) is 38.3 Å². The molecule has 0 amide bonds. The molecule has 0 aromatic carbocycles. The predicted octanol–water partition coefficient (Wildman–Crippen LogP) is 4.59. The summed E-state index contributed by atoms with van der Waals surface area (Å²) in [4.78, 5) is 0. The third kappa shape index (κ3) is 2.64. The van der Waals surface area contributed by atoms with E-state index < -0.39 is 27.4 Å². The molecule has 0 saturated heterocycles. The van der Waals surface area contributed by atoms with E-state index in [4.69, 9.17) is 0 Å². The molecule has 0 saturated carbocycles. The zero-order valence-electron chi connectivity index (χ0n) is 11.4. The topological polar surface area (TPSA) is 0 Å². The molecule has 0 aliphatic carbocycles. The summed E-state index contributed by atoms with van der Waals surface area (Å²) < 4.78 is -0.729. The fourth-order valence-electron chi connectivity index (χ4n) is 3.02. The predicted molar refractivity (Wildman–Crippen MR) is 82.7 cm³/mol. The molecule has 0 heterocycles. The van der Waals surface area contributed by atoms with Crippen LogP contribution >= 0.6 is 4.15 Å². The van der Waals surface area contributed by atoms with E-state index in [9.17, 15) is 0 Å². The summed E-state index contributed by atoms with van der Waals surface area (Å²) >= 11 is 3.81. The van der Waals surface area contributed by atoms with Gasteiger partial charge >= 0.3 is 101 Å². The van der Waals surface area contributed by atoms with Crippen molar-refractivity contribution in [1.82, 2.24) is 0 Å². The standard InChI is InChI=1S/C9H27PSeSi3/c1-12(2,3)10(11,13(4,5)6)14(7,8)9/h1-9H3. The second-order valence-electron chi connectivity index (χ2n) is 7.12. The van der Waals surface area contributed by atoms with E-state index in [1.165, 1.54) is 0 Å². The molecule has 0 aliphatic rings. The number of hydrogen-bond donors (Lipinski definition) is 0. The van der Waals surface area contributed by atoms with E-state index >= 15 is 0 Å². The molecule has 0 radical (unpaired) electrons. The summed E-state index contributed by atoms with van der Waals surface area (Å²) in [7, 11) is -3.01. The van der Waals surface area contributed by atoms with E-state index in [1.807, 2.05) is 0 Å². The van der Waals surface area contributed by atoms with Gasteiger partial charge in [0.25, 0.3) is 0 Å². The van der Waals surface area contributed by atoms with Crippen molar-refractivity contribution < 1.29 is 0 Å². The fraction of sp³-hybridized carbons (Fsp3) is 1.00. The Morgan fingerprint density at radius 1 is 0.571 bits per heavy atom. The SMILES string of the molecule is C[Si](C)(C)P(=[Se])([Si](C)(C)C)[Si](C)(C)C. The molecule has 0 atom stereocenters. The molecule has 0 aromatic heterocycles. The molecule has 0 aliphatic heterocycles. The van der Waals surface area contributed by atoms with E-state index in [0.29, 0.717) is 0 Å². The minimum absolute atomic E-state index is 0.729. The fourth-order valence-corrected chi connectivity index (χ4v) is 81.5. The van der Waals surface area contributed by atoms with Crippen LogP contribution in [0.4, 0.5) is 0 Å². The van der Waals surface area contributed by atoms with Crippen LogP contribution in [0.2, 0.25) is 58.9 Å². The van der Waals surface area contributed by atoms with Crippen LogP contribution < -0.4 is 0 Å². The summed E-state index contributed by atoms with van der Waals surface area (Å²) in [5.74, 6) is 0. The van der Waals surface area contributed by atoms with E-state index in [0.717, 1.165) is 0 Å². The summed E-state index contributed by atoms with van der Waals surface area (Å²) in [5.41, 5.74) is 0. The maximum absolute atomic E-state index is 3.81. The Labute approximate surface area is 101 Å². The molecule has 5 heteroatoms. The Morgan fingerprint density at radius 3 is 0.714 bits per heavy atom. The maximum atomic E-state index is 3.81. The van der Waals surface area contributed by atoms with Crippen LogP contribution in [-0.2, 0) is 0 Å². The van der Waals surface area contributed by atoms with Crippen molar-refractivity contribution in [2.24, 2.45) is 0 Å². The molecular formula is C9H27PSeSi3. The monoisotopic (exact) mass is 330 g/mol. The quantitative estimate of drug-likeness (QED) is 0.525. The van der Waals surface area contributed by atoms with Crippen molar-refractivity contribution in [1.29, 1.82) is 0 Å². The van der Waals surface area contributed by atoms with Crippen LogP contribution in [0, 0.1) is 0 Å². The number of rotatable bonds is 3. The summed E-state index contributed by atoms with van der Waals surface area (Å²) in [6.45, 7) is 23.3. The van der Waals surface area contributed by atoms with Crippen LogP contribution in [0.5, 0.6) is 0 Å². The molecule has 0 rings (SSSR count). The van der Waals surface area contributed by atoms with Gasteiger partial charge in [-0.1, -0.05) is 0 Å². The van der Waals surface area contributed by atoms with Crippen LogP contribution in [0.15, 0.2) is 0 Å². The first-order valence-electron chi connectivity index (χ1n) is 5.35. The molecule has 86 valence electrons. The molecule has 0 aromatic rings. The van der Waals surface area contributed by atoms with Gasteiger partial charge < -0.3 is 0 Å². The Kier molecular flexibility index (Phi) is 4.59. The third-order valence-electron chi connectivity index (χ3n) is 2.83. The second kappa shape index (κ2) is 4.12. The van der Waals surface area contributed by atoms with Gasteiger partial charge in [-0.2, -0.15) is 0 Å². The summed E-state index contributed by atoms with van der Waals surface area (Å²) in [6.07, 6.45) is 0. The average Bonchev–Trinajstić information content (AvgIpc) is 1.77. The van der Waals surface area contributed by atoms with Gasteiger partial charge in [-0.15, -0.1) is 0 Å². The van der Waals surface area contributed by atoms with Crippen LogP contribution in [0.3, 0.4) is 0 Å². The van der Waals surface area contributed by atoms with Crippen molar-refractivity contribution in [3.63, 3.8) is 0 Å². The molecule has 0 bridgehead atoms. The van der Waals surface area contributed by atoms with Crippen molar-refractivity contribution in [2.45, 2.75) is 58.9 Å². The first-order chi connectivity index (χ1) is 5.75. The van der Waals surface area contributed by atoms with Gasteiger partial charge in [-0.25, -0.2) is 0 Å². The minimum atomic E-state index is -1.00. The Bertz CT molecular complexity index is 212. The molecule has 0 N–H and O–H groups in total. The van der Waals surface area contributed by atoms with Gasteiger partial charge in [-0.3, -0.25) is 0 Å². The van der Waals surface area contributed by atoms with Crippen LogP contribution in [0.25, 0.3) is 0 Å². The van der Waals surface area contributed by atoms with Crippen molar-refractivity contribution >= 4 is 42.5 Å². The van der Waals surface area contributed by atoms with Gasteiger partial charge in [0.05, 0.1) is 0 Å². The number of hydrogen-bond acceptors (Lipinski definition) is 0. The Hall–Kier alpha value is 1.60. The molecule has 0 unspecified atom stereocenters. The molecule has 0 nitrogen and oxygen atoms in total. The zero-order chi connectivity index (χ0) is 12.0. The molecule has 14 heavy (non-hydrogen) atoms. The average molecular weight is 330 g/mol. The first kappa shape index (κ1) is 15.6. The molecule has 0 spiro atoms. The van der Waals surface area contributed by atoms with Gasteiger partial charge in [0.15, 0.2) is 0 Å².